The summed E-state index contributed by atoms with van der Waals surface area (Å²) in [5.41, 5.74) is 0.720. The summed E-state index contributed by atoms with van der Waals surface area (Å²) in [7, 11) is 2.27. The molecule has 0 radical (unpaired) electrons. The predicted octanol–water partition coefficient (Wildman–Crippen LogP) is 2.25. The van der Waals surface area contributed by atoms with E-state index in [1.54, 1.807) is 0 Å². The van der Waals surface area contributed by atoms with Crippen molar-refractivity contribution in [2.75, 3.05) is 20.1 Å². The molecule has 0 saturated carbocycles. The van der Waals surface area contributed by atoms with Crippen LogP contribution in [0.1, 0.15) is 47.0 Å². The van der Waals surface area contributed by atoms with Crippen molar-refractivity contribution in [3.8, 4) is 0 Å². The normalized spacial score (nSPS) is 33.2. The van der Waals surface area contributed by atoms with Crippen molar-refractivity contribution in [1.29, 1.82) is 0 Å². The van der Waals surface area contributed by atoms with Crippen LogP contribution < -0.4 is 5.32 Å². The fraction of sp³-hybridized carbons (Fsp3) is 1.00. The van der Waals surface area contributed by atoms with E-state index >= 15 is 0 Å². The van der Waals surface area contributed by atoms with Gasteiger partial charge in [-0.15, -0.1) is 0 Å². The van der Waals surface area contributed by atoms with E-state index in [2.05, 4.69) is 45.0 Å². The number of hydrogen-bond acceptors (Lipinski definition) is 2. The number of nitrogens with zero attached hydrogens (tertiary/aromatic N) is 1. The molecule has 1 aliphatic rings. The molecule has 2 heteroatoms. The van der Waals surface area contributed by atoms with Gasteiger partial charge in [-0.05, 0) is 33.2 Å². The Kier molecular flexibility index (Phi) is 3.59. The van der Waals surface area contributed by atoms with Gasteiger partial charge in [0.1, 0.15) is 0 Å². The highest BCUT2D eigenvalue weighted by molar-refractivity contribution is 5.00. The summed E-state index contributed by atoms with van der Waals surface area (Å²) in [5.74, 6) is 0. The van der Waals surface area contributed by atoms with Crippen LogP contribution in [0.4, 0.5) is 0 Å². The quantitative estimate of drug-likeness (QED) is 0.748. The molecule has 1 rings (SSSR count). The third kappa shape index (κ3) is 1.96. The van der Waals surface area contributed by atoms with Gasteiger partial charge in [0.2, 0.25) is 0 Å². The fourth-order valence-corrected chi connectivity index (χ4v) is 2.33. The van der Waals surface area contributed by atoms with E-state index < -0.39 is 0 Å². The number of piperazine rings is 1. The lowest BCUT2D eigenvalue weighted by Crippen LogP contribution is -2.67. The molecule has 1 unspecified atom stereocenters. The highest BCUT2D eigenvalue weighted by atomic mass is 15.3. The molecule has 0 bridgehead atoms. The Hall–Kier alpha value is -0.0800. The molecule has 1 aliphatic heterocycles. The SMILES string of the molecule is CCC1(CC)CN(C)C(C)(CC)CN1. The van der Waals surface area contributed by atoms with Crippen LogP contribution in [-0.4, -0.2) is 36.1 Å². The Balaban J connectivity index is 2.71. The second kappa shape index (κ2) is 4.19. The molecule has 0 aliphatic carbocycles. The summed E-state index contributed by atoms with van der Waals surface area (Å²) in [5, 5.41) is 3.76. The molecule has 0 spiro atoms. The van der Waals surface area contributed by atoms with Crippen LogP contribution in [0.5, 0.6) is 0 Å². The number of nitrogens with one attached hydrogen (secondary N) is 1. The van der Waals surface area contributed by atoms with E-state index in [0.29, 0.717) is 11.1 Å². The molecular weight excluding hydrogens is 172 g/mol. The molecule has 0 aromatic carbocycles. The summed E-state index contributed by atoms with van der Waals surface area (Å²) in [6.07, 6.45) is 3.68. The molecule has 84 valence electrons. The zero-order valence-electron chi connectivity index (χ0n) is 10.5. The lowest BCUT2D eigenvalue weighted by atomic mass is 9.83. The Morgan fingerprint density at radius 3 is 2.07 bits per heavy atom. The van der Waals surface area contributed by atoms with E-state index in [1.165, 1.54) is 25.8 Å². The monoisotopic (exact) mass is 198 g/mol. The van der Waals surface area contributed by atoms with Crippen molar-refractivity contribution >= 4 is 0 Å². The maximum atomic E-state index is 3.76. The van der Waals surface area contributed by atoms with Crippen molar-refractivity contribution in [3.63, 3.8) is 0 Å². The highest BCUT2D eigenvalue weighted by Crippen LogP contribution is 2.28. The summed E-state index contributed by atoms with van der Waals surface area (Å²) in [6, 6.07) is 0. The van der Waals surface area contributed by atoms with E-state index in [1.807, 2.05) is 0 Å². The molecule has 0 aromatic rings. The van der Waals surface area contributed by atoms with Gasteiger partial charge < -0.3 is 5.32 Å². The van der Waals surface area contributed by atoms with Crippen molar-refractivity contribution in [1.82, 2.24) is 10.2 Å². The first-order valence-corrected chi connectivity index (χ1v) is 5.98. The Labute approximate surface area is 89.1 Å². The minimum atomic E-state index is 0.355. The lowest BCUT2D eigenvalue weighted by Gasteiger charge is -2.51. The minimum absolute atomic E-state index is 0.355. The molecule has 0 aromatic heterocycles. The van der Waals surface area contributed by atoms with Gasteiger partial charge in [-0.1, -0.05) is 20.8 Å². The van der Waals surface area contributed by atoms with E-state index in [4.69, 9.17) is 0 Å². The minimum Gasteiger partial charge on any atom is -0.308 e. The smallest absolute Gasteiger partial charge is 0.0304 e. The average Bonchev–Trinajstić information content (AvgIpc) is 2.22. The van der Waals surface area contributed by atoms with Gasteiger partial charge in [0.15, 0.2) is 0 Å². The van der Waals surface area contributed by atoms with Crippen molar-refractivity contribution in [2.45, 2.75) is 58.0 Å². The van der Waals surface area contributed by atoms with Gasteiger partial charge in [0, 0.05) is 24.2 Å². The molecule has 1 heterocycles. The molecule has 1 N–H and O–H groups in total. The number of rotatable bonds is 3. The van der Waals surface area contributed by atoms with Crippen LogP contribution in [0.15, 0.2) is 0 Å². The van der Waals surface area contributed by atoms with E-state index in [-0.39, 0.29) is 0 Å². The first kappa shape index (κ1) is 12.0. The zero-order valence-corrected chi connectivity index (χ0v) is 10.5. The maximum Gasteiger partial charge on any atom is 0.0304 e. The third-order valence-corrected chi connectivity index (χ3v) is 4.42. The molecule has 1 atom stereocenters. The highest BCUT2D eigenvalue weighted by Gasteiger charge is 2.40. The lowest BCUT2D eigenvalue weighted by molar-refractivity contribution is 0.0306. The molecule has 14 heavy (non-hydrogen) atoms. The van der Waals surface area contributed by atoms with Crippen LogP contribution >= 0.6 is 0 Å². The van der Waals surface area contributed by atoms with Crippen molar-refractivity contribution in [3.05, 3.63) is 0 Å². The largest absolute Gasteiger partial charge is 0.308 e. The van der Waals surface area contributed by atoms with Gasteiger partial charge in [-0.2, -0.15) is 0 Å². The molecule has 1 fully saturated rings. The van der Waals surface area contributed by atoms with Crippen LogP contribution in [0.25, 0.3) is 0 Å². The second-order valence-corrected chi connectivity index (χ2v) is 5.05. The predicted molar refractivity (Wildman–Crippen MR) is 62.6 cm³/mol. The molecule has 1 saturated heterocycles. The van der Waals surface area contributed by atoms with Crippen LogP contribution in [0.3, 0.4) is 0 Å². The van der Waals surface area contributed by atoms with Gasteiger partial charge >= 0.3 is 0 Å². The Morgan fingerprint density at radius 1 is 1.14 bits per heavy atom. The van der Waals surface area contributed by atoms with Crippen molar-refractivity contribution < 1.29 is 0 Å². The van der Waals surface area contributed by atoms with Gasteiger partial charge in [0.25, 0.3) is 0 Å². The van der Waals surface area contributed by atoms with Crippen LogP contribution in [0.2, 0.25) is 0 Å². The standard InChI is InChI=1S/C12H26N2/c1-6-11(4)9-13-12(7-2,8-3)10-14(11)5/h13H,6-10H2,1-5H3. The maximum absolute atomic E-state index is 3.76. The summed E-state index contributed by atoms with van der Waals surface area (Å²) >= 11 is 0. The van der Waals surface area contributed by atoms with Crippen LogP contribution in [-0.2, 0) is 0 Å². The fourth-order valence-electron chi connectivity index (χ4n) is 2.33. The van der Waals surface area contributed by atoms with E-state index in [0.717, 1.165) is 6.54 Å². The summed E-state index contributed by atoms with van der Waals surface area (Å²) < 4.78 is 0. The number of likely N-dealkylation sites (N-methyl/N-ethyl adjacent to an activating group) is 1. The average molecular weight is 198 g/mol. The molecule has 0 amide bonds. The van der Waals surface area contributed by atoms with E-state index in [9.17, 15) is 0 Å². The Morgan fingerprint density at radius 2 is 1.71 bits per heavy atom. The topological polar surface area (TPSA) is 15.3 Å². The second-order valence-electron chi connectivity index (χ2n) is 5.05. The molecule has 2 nitrogen and oxygen atoms in total. The van der Waals surface area contributed by atoms with Gasteiger partial charge in [0.05, 0.1) is 0 Å². The molecular formula is C12H26N2. The first-order chi connectivity index (χ1) is 6.52. The summed E-state index contributed by atoms with van der Waals surface area (Å²) in [4.78, 5) is 2.54. The van der Waals surface area contributed by atoms with Gasteiger partial charge in [-0.3, -0.25) is 4.90 Å². The number of hydrogen-bond donors (Lipinski definition) is 1. The third-order valence-electron chi connectivity index (χ3n) is 4.42. The zero-order chi connectivity index (χ0) is 10.8. The Bertz CT molecular complexity index is 187. The van der Waals surface area contributed by atoms with Crippen molar-refractivity contribution in [2.24, 2.45) is 0 Å². The van der Waals surface area contributed by atoms with Crippen LogP contribution in [0, 0.1) is 0 Å². The first-order valence-electron chi connectivity index (χ1n) is 5.98. The summed E-state index contributed by atoms with van der Waals surface area (Å²) in [6.45, 7) is 11.5. The van der Waals surface area contributed by atoms with Gasteiger partial charge in [-0.25, -0.2) is 0 Å².